The summed E-state index contributed by atoms with van der Waals surface area (Å²) in [6.45, 7) is 5.05. The van der Waals surface area contributed by atoms with Gasteiger partial charge < -0.3 is 20.3 Å². The van der Waals surface area contributed by atoms with Crippen LogP contribution in [0.1, 0.15) is 40.0 Å². The first-order valence-electron chi connectivity index (χ1n) is 5.94. The standard InChI is InChI=1S/C12H21NO5/c1-7(2)6-10(15)11(16)13-9(12(17)18)5-4-8(3)14/h7,9-10,15H,4-6H2,1-3H3,(H,13,16)(H,17,18)/t9-,10+/m1/s1. The van der Waals surface area contributed by atoms with Crippen LogP contribution in [0.2, 0.25) is 0 Å². The summed E-state index contributed by atoms with van der Waals surface area (Å²) in [6, 6.07) is -1.14. The van der Waals surface area contributed by atoms with Crippen LogP contribution in [0.15, 0.2) is 0 Å². The molecule has 0 saturated heterocycles. The largest absolute Gasteiger partial charge is 0.480 e. The van der Waals surface area contributed by atoms with Crippen LogP contribution in [0.5, 0.6) is 0 Å². The van der Waals surface area contributed by atoms with Crippen molar-refractivity contribution in [3.8, 4) is 0 Å². The SMILES string of the molecule is CC(=O)CC[C@@H](NC(=O)[C@@H](O)CC(C)C)C(=O)O. The van der Waals surface area contributed by atoms with Crippen LogP contribution in [0.25, 0.3) is 0 Å². The number of carbonyl (C=O) groups is 3. The van der Waals surface area contributed by atoms with Crippen molar-refractivity contribution < 1.29 is 24.6 Å². The molecule has 0 rings (SSSR count). The zero-order chi connectivity index (χ0) is 14.3. The first kappa shape index (κ1) is 16.6. The van der Waals surface area contributed by atoms with Crippen LogP contribution in [0.4, 0.5) is 0 Å². The Labute approximate surface area is 106 Å². The van der Waals surface area contributed by atoms with E-state index in [0.717, 1.165) is 0 Å². The maximum absolute atomic E-state index is 11.5. The van der Waals surface area contributed by atoms with Crippen molar-refractivity contribution in [2.75, 3.05) is 0 Å². The van der Waals surface area contributed by atoms with Gasteiger partial charge in [0.2, 0.25) is 5.91 Å². The van der Waals surface area contributed by atoms with E-state index >= 15 is 0 Å². The lowest BCUT2D eigenvalue weighted by Crippen LogP contribution is -2.46. The lowest BCUT2D eigenvalue weighted by Gasteiger charge is -2.17. The maximum Gasteiger partial charge on any atom is 0.326 e. The number of amides is 1. The maximum atomic E-state index is 11.5. The predicted octanol–water partition coefficient (Wildman–Crippen LogP) is 0.332. The van der Waals surface area contributed by atoms with Crippen LogP contribution in [-0.4, -0.2) is 40.0 Å². The second-order valence-electron chi connectivity index (χ2n) is 4.79. The molecule has 0 aliphatic rings. The summed E-state index contributed by atoms with van der Waals surface area (Å²) in [6.07, 6.45) is -0.836. The number of aliphatic hydroxyl groups is 1. The summed E-state index contributed by atoms with van der Waals surface area (Å²) in [5.41, 5.74) is 0. The molecule has 0 fully saturated rings. The number of rotatable bonds is 8. The minimum Gasteiger partial charge on any atom is -0.480 e. The summed E-state index contributed by atoms with van der Waals surface area (Å²) >= 11 is 0. The van der Waals surface area contributed by atoms with Gasteiger partial charge in [-0.3, -0.25) is 4.79 Å². The van der Waals surface area contributed by atoms with E-state index in [-0.39, 0.29) is 31.0 Å². The molecule has 0 heterocycles. The first-order chi connectivity index (χ1) is 8.23. The van der Waals surface area contributed by atoms with Crippen LogP contribution < -0.4 is 5.32 Å². The molecule has 0 radical (unpaired) electrons. The molecule has 0 aliphatic carbocycles. The Morgan fingerprint density at radius 2 is 1.78 bits per heavy atom. The van der Waals surface area contributed by atoms with Crippen LogP contribution >= 0.6 is 0 Å². The molecule has 0 aromatic rings. The lowest BCUT2D eigenvalue weighted by molar-refractivity contribution is -0.143. The Bertz CT molecular complexity index is 314. The second-order valence-corrected chi connectivity index (χ2v) is 4.79. The third-order valence-corrected chi connectivity index (χ3v) is 2.40. The van der Waals surface area contributed by atoms with Crippen molar-refractivity contribution in [3.05, 3.63) is 0 Å². The van der Waals surface area contributed by atoms with Gasteiger partial charge in [0.1, 0.15) is 17.9 Å². The molecule has 0 spiro atoms. The lowest BCUT2D eigenvalue weighted by atomic mass is 10.0. The highest BCUT2D eigenvalue weighted by Crippen LogP contribution is 2.06. The Morgan fingerprint density at radius 3 is 2.17 bits per heavy atom. The molecule has 0 aliphatic heterocycles. The molecule has 0 aromatic carbocycles. The summed E-state index contributed by atoms with van der Waals surface area (Å²) in [4.78, 5) is 33.2. The minimum atomic E-state index is -1.22. The number of carboxylic acids is 1. The Balaban J connectivity index is 4.35. The molecule has 6 heteroatoms. The molecule has 6 nitrogen and oxygen atoms in total. The summed E-state index contributed by atoms with van der Waals surface area (Å²) in [7, 11) is 0. The molecule has 0 aromatic heterocycles. The van der Waals surface area contributed by atoms with Crippen LogP contribution in [-0.2, 0) is 14.4 Å². The van der Waals surface area contributed by atoms with Gasteiger partial charge in [0.25, 0.3) is 0 Å². The number of Topliss-reactive ketones (excluding diaryl/α,β-unsaturated/α-hetero) is 1. The Morgan fingerprint density at radius 1 is 1.22 bits per heavy atom. The zero-order valence-corrected chi connectivity index (χ0v) is 11.0. The molecular formula is C12H21NO5. The van der Waals surface area contributed by atoms with Crippen molar-refractivity contribution in [1.29, 1.82) is 0 Å². The van der Waals surface area contributed by atoms with Crippen LogP contribution in [0.3, 0.4) is 0 Å². The molecule has 2 atom stereocenters. The first-order valence-corrected chi connectivity index (χ1v) is 5.94. The highest BCUT2D eigenvalue weighted by Gasteiger charge is 2.24. The molecule has 1 amide bonds. The Hall–Kier alpha value is -1.43. The Kier molecular flexibility index (Phi) is 7.19. The molecule has 0 bridgehead atoms. The van der Waals surface area contributed by atoms with Crippen molar-refractivity contribution in [1.82, 2.24) is 5.32 Å². The minimum absolute atomic E-state index is 0.0325. The van der Waals surface area contributed by atoms with Crippen molar-refractivity contribution in [2.24, 2.45) is 5.92 Å². The van der Waals surface area contributed by atoms with E-state index in [4.69, 9.17) is 5.11 Å². The number of aliphatic hydroxyl groups excluding tert-OH is 1. The van der Waals surface area contributed by atoms with E-state index in [1.54, 1.807) is 0 Å². The third-order valence-electron chi connectivity index (χ3n) is 2.40. The number of ketones is 1. The average Bonchev–Trinajstić information content (AvgIpc) is 2.21. The fraction of sp³-hybridized carbons (Fsp3) is 0.750. The molecular weight excluding hydrogens is 238 g/mol. The van der Waals surface area contributed by atoms with Gasteiger partial charge in [-0.25, -0.2) is 4.79 Å². The number of carboxylic acid groups (broad SMARTS) is 1. The number of aliphatic carboxylic acids is 1. The van der Waals surface area contributed by atoms with Crippen molar-refractivity contribution >= 4 is 17.7 Å². The van der Waals surface area contributed by atoms with Crippen molar-refractivity contribution in [3.63, 3.8) is 0 Å². The van der Waals surface area contributed by atoms with E-state index in [1.165, 1.54) is 6.92 Å². The quantitative estimate of drug-likeness (QED) is 0.583. The number of nitrogens with one attached hydrogen (secondary N) is 1. The normalized spacial score (nSPS) is 14.1. The number of hydrogen-bond donors (Lipinski definition) is 3. The fourth-order valence-corrected chi connectivity index (χ4v) is 1.43. The monoisotopic (exact) mass is 259 g/mol. The molecule has 18 heavy (non-hydrogen) atoms. The highest BCUT2D eigenvalue weighted by molar-refractivity contribution is 5.86. The number of carbonyl (C=O) groups excluding carboxylic acids is 2. The third kappa shape index (κ3) is 7.01. The van der Waals surface area contributed by atoms with Gasteiger partial charge in [0.05, 0.1) is 0 Å². The molecule has 0 saturated carbocycles. The van der Waals surface area contributed by atoms with Gasteiger partial charge in [-0.1, -0.05) is 13.8 Å². The fourth-order valence-electron chi connectivity index (χ4n) is 1.43. The van der Waals surface area contributed by atoms with Gasteiger partial charge >= 0.3 is 5.97 Å². The van der Waals surface area contributed by atoms with E-state index in [9.17, 15) is 19.5 Å². The predicted molar refractivity (Wildman–Crippen MR) is 64.9 cm³/mol. The van der Waals surface area contributed by atoms with E-state index in [1.807, 2.05) is 13.8 Å². The molecule has 104 valence electrons. The zero-order valence-electron chi connectivity index (χ0n) is 11.0. The molecule has 0 unspecified atom stereocenters. The topological polar surface area (TPSA) is 104 Å². The van der Waals surface area contributed by atoms with Crippen molar-refractivity contribution in [2.45, 2.75) is 52.2 Å². The molecule has 3 N–H and O–H groups in total. The van der Waals surface area contributed by atoms with Gasteiger partial charge in [0.15, 0.2) is 0 Å². The summed E-state index contributed by atoms with van der Waals surface area (Å²) in [5, 5.41) is 20.7. The van der Waals surface area contributed by atoms with Gasteiger partial charge in [0, 0.05) is 6.42 Å². The highest BCUT2D eigenvalue weighted by atomic mass is 16.4. The summed E-state index contributed by atoms with van der Waals surface area (Å²) in [5.74, 6) is -1.93. The van der Waals surface area contributed by atoms with Crippen LogP contribution in [0, 0.1) is 5.92 Å². The number of hydrogen-bond acceptors (Lipinski definition) is 4. The van der Waals surface area contributed by atoms with E-state index < -0.39 is 24.0 Å². The smallest absolute Gasteiger partial charge is 0.326 e. The van der Waals surface area contributed by atoms with Gasteiger partial charge in [-0.15, -0.1) is 0 Å². The second kappa shape index (κ2) is 7.81. The van der Waals surface area contributed by atoms with Gasteiger partial charge in [-0.05, 0) is 25.7 Å². The van der Waals surface area contributed by atoms with Gasteiger partial charge in [-0.2, -0.15) is 0 Å². The average molecular weight is 259 g/mol. The van der Waals surface area contributed by atoms with E-state index in [0.29, 0.717) is 0 Å². The summed E-state index contributed by atoms with van der Waals surface area (Å²) < 4.78 is 0. The van der Waals surface area contributed by atoms with E-state index in [2.05, 4.69) is 5.32 Å².